The van der Waals surface area contributed by atoms with Crippen LogP contribution in [-0.4, -0.2) is 45.6 Å². The fourth-order valence-corrected chi connectivity index (χ4v) is 2.72. The Kier molecular flexibility index (Phi) is 7.78. The van der Waals surface area contributed by atoms with Crippen LogP contribution in [0.15, 0.2) is 54.6 Å². The molecule has 1 aliphatic rings. The molecular formula is C21H27NO4. The average molecular weight is 357 g/mol. The third-order valence-corrected chi connectivity index (χ3v) is 4.18. The molecule has 5 nitrogen and oxygen atoms in total. The van der Waals surface area contributed by atoms with E-state index in [1.54, 1.807) is 0 Å². The van der Waals surface area contributed by atoms with E-state index in [1.165, 1.54) is 0 Å². The molecule has 1 N–H and O–H groups in total. The molecule has 0 amide bonds. The fourth-order valence-electron chi connectivity index (χ4n) is 2.72. The molecule has 2 aromatic rings. The van der Waals surface area contributed by atoms with Gasteiger partial charge in [0.05, 0.1) is 19.8 Å². The number of benzene rings is 2. The Bertz CT molecular complexity index is 612. The minimum absolute atomic E-state index is 0.484. The molecule has 5 heteroatoms. The summed E-state index contributed by atoms with van der Waals surface area (Å²) in [6, 6.07) is 18.3. The van der Waals surface area contributed by atoms with E-state index in [4.69, 9.17) is 18.9 Å². The first kappa shape index (κ1) is 18.7. The second-order valence-corrected chi connectivity index (χ2v) is 6.22. The standard InChI is InChI=1S/C21H27NO4/c1-2-4-18(5-3-1)16-26-21-8-6-20(7-9-21)25-15-14-23-13-11-22-19-10-12-24-17-19/h1-9,19,22H,10-17H2. The second kappa shape index (κ2) is 10.8. The summed E-state index contributed by atoms with van der Waals surface area (Å²) in [5.74, 6) is 1.65. The predicted molar refractivity (Wildman–Crippen MR) is 101 cm³/mol. The highest BCUT2D eigenvalue weighted by Gasteiger charge is 2.13. The molecule has 26 heavy (non-hydrogen) atoms. The highest BCUT2D eigenvalue weighted by Crippen LogP contribution is 2.18. The zero-order chi connectivity index (χ0) is 17.9. The molecule has 0 aromatic heterocycles. The van der Waals surface area contributed by atoms with Crippen molar-refractivity contribution in [1.82, 2.24) is 5.32 Å². The zero-order valence-electron chi connectivity index (χ0n) is 15.1. The summed E-state index contributed by atoms with van der Waals surface area (Å²) in [6.45, 7) is 4.89. The van der Waals surface area contributed by atoms with Crippen LogP contribution in [0.1, 0.15) is 12.0 Å². The van der Waals surface area contributed by atoms with Gasteiger partial charge in [0.25, 0.3) is 0 Å². The lowest BCUT2D eigenvalue weighted by Gasteiger charge is -2.11. The number of rotatable bonds is 11. The second-order valence-electron chi connectivity index (χ2n) is 6.22. The minimum Gasteiger partial charge on any atom is -0.491 e. The van der Waals surface area contributed by atoms with Crippen molar-refractivity contribution in [3.8, 4) is 11.5 Å². The molecule has 0 bridgehead atoms. The van der Waals surface area contributed by atoms with Crippen molar-refractivity contribution in [3.63, 3.8) is 0 Å². The third kappa shape index (κ3) is 6.67. The van der Waals surface area contributed by atoms with Crippen LogP contribution in [0.5, 0.6) is 11.5 Å². The number of hydrogen-bond donors (Lipinski definition) is 1. The molecule has 0 radical (unpaired) electrons. The number of ether oxygens (including phenoxy) is 4. The van der Waals surface area contributed by atoms with Gasteiger partial charge in [-0.3, -0.25) is 0 Å². The van der Waals surface area contributed by atoms with Gasteiger partial charge in [-0.15, -0.1) is 0 Å². The van der Waals surface area contributed by atoms with Gasteiger partial charge in [-0.05, 0) is 36.2 Å². The SMILES string of the molecule is c1ccc(COc2ccc(OCCOCCNC3CCOC3)cc2)cc1. The largest absolute Gasteiger partial charge is 0.491 e. The first-order valence-electron chi connectivity index (χ1n) is 9.18. The maximum Gasteiger partial charge on any atom is 0.120 e. The molecule has 3 rings (SSSR count). The van der Waals surface area contributed by atoms with E-state index < -0.39 is 0 Å². The molecule has 1 heterocycles. The van der Waals surface area contributed by atoms with E-state index in [0.717, 1.165) is 43.2 Å². The Morgan fingerprint density at radius 2 is 1.65 bits per heavy atom. The monoisotopic (exact) mass is 357 g/mol. The van der Waals surface area contributed by atoms with Crippen LogP contribution < -0.4 is 14.8 Å². The van der Waals surface area contributed by atoms with Crippen LogP contribution >= 0.6 is 0 Å². The van der Waals surface area contributed by atoms with Crippen molar-refractivity contribution < 1.29 is 18.9 Å². The molecule has 1 atom stereocenters. The first-order chi connectivity index (χ1) is 12.9. The van der Waals surface area contributed by atoms with Gasteiger partial charge in [0.15, 0.2) is 0 Å². The maximum atomic E-state index is 5.76. The summed E-state index contributed by atoms with van der Waals surface area (Å²) in [5, 5.41) is 3.42. The van der Waals surface area contributed by atoms with Gasteiger partial charge in [-0.1, -0.05) is 30.3 Å². The van der Waals surface area contributed by atoms with Crippen LogP contribution in [0.25, 0.3) is 0 Å². The Morgan fingerprint density at radius 1 is 0.885 bits per heavy atom. The van der Waals surface area contributed by atoms with E-state index in [2.05, 4.69) is 17.4 Å². The molecule has 0 saturated carbocycles. The van der Waals surface area contributed by atoms with Gasteiger partial charge in [-0.2, -0.15) is 0 Å². The van der Waals surface area contributed by atoms with Gasteiger partial charge in [-0.25, -0.2) is 0 Å². The molecular weight excluding hydrogens is 330 g/mol. The Balaban J connectivity index is 1.24. The van der Waals surface area contributed by atoms with Gasteiger partial charge in [0.1, 0.15) is 24.7 Å². The van der Waals surface area contributed by atoms with Crippen LogP contribution in [0.3, 0.4) is 0 Å². The Hall–Kier alpha value is -2.08. The molecule has 1 saturated heterocycles. The Morgan fingerprint density at radius 3 is 2.38 bits per heavy atom. The summed E-state index contributed by atoms with van der Waals surface area (Å²) in [5.41, 5.74) is 1.15. The fraction of sp³-hybridized carbons (Fsp3) is 0.429. The zero-order valence-corrected chi connectivity index (χ0v) is 15.1. The van der Waals surface area contributed by atoms with Gasteiger partial charge in [0, 0.05) is 19.2 Å². The summed E-state index contributed by atoms with van der Waals surface area (Å²) in [6.07, 6.45) is 1.09. The van der Waals surface area contributed by atoms with Crippen molar-refractivity contribution in [3.05, 3.63) is 60.2 Å². The quantitative estimate of drug-likeness (QED) is 0.627. The molecule has 2 aromatic carbocycles. The van der Waals surface area contributed by atoms with Crippen LogP contribution in [0.2, 0.25) is 0 Å². The van der Waals surface area contributed by atoms with E-state index in [9.17, 15) is 0 Å². The van der Waals surface area contributed by atoms with E-state index in [1.807, 2.05) is 42.5 Å². The van der Waals surface area contributed by atoms with Gasteiger partial charge >= 0.3 is 0 Å². The normalized spacial score (nSPS) is 16.5. The molecule has 1 unspecified atom stereocenters. The molecule has 0 aliphatic carbocycles. The van der Waals surface area contributed by atoms with Crippen molar-refractivity contribution in [2.75, 3.05) is 39.6 Å². The lowest BCUT2D eigenvalue weighted by Crippen LogP contribution is -2.32. The van der Waals surface area contributed by atoms with Crippen molar-refractivity contribution >= 4 is 0 Å². The summed E-state index contributed by atoms with van der Waals surface area (Å²) in [4.78, 5) is 0. The summed E-state index contributed by atoms with van der Waals surface area (Å²) < 4.78 is 22.3. The molecule has 0 spiro atoms. The van der Waals surface area contributed by atoms with E-state index in [-0.39, 0.29) is 0 Å². The van der Waals surface area contributed by atoms with Crippen LogP contribution in [0.4, 0.5) is 0 Å². The maximum absolute atomic E-state index is 5.76. The number of hydrogen-bond acceptors (Lipinski definition) is 5. The third-order valence-electron chi connectivity index (χ3n) is 4.18. The van der Waals surface area contributed by atoms with Crippen molar-refractivity contribution in [2.24, 2.45) is 0 Å². The smallest absolute Gasteiger partial charge is 0.120 e. The minimum atomic E-state index is 0.484. The van der Waals surface area contributed by atoms with E-state index in [0.29, 0.717) is 32.5 Å². The first-order valence-corrected chi connectivity index (χ1v) is 9.18. The highest BCUT2D eigenvalue weighted by molar-refractivity contribution is 5.31. The lowest BCUT2D eigenvalue weighted by atomic mass is 10.2. The number of nitrogens with one attached hydrogen (secondary N) is 1. The van der Waals surface area contributed by atoms with Crippen LogP contribution in [-0.2, 0) is 16.1 Å². The topological polar surface area (TPSA) is 49.0 Å². The van der Waals surface area contributed by atoms with Crippen LogP contribution in [0, 0.1) is 0 Å². The van der Waals surface area contributed by atoms with Crippen molar-refractivity contribution in [2.45, 2.75) is 19.1 Å². The van der Waals surface area contributed by atoms with Gasteiger partial charge in [0.2, 0.25) is 0 Å². The Labute approximate surface area is 155 Å². The molecule has 1 fully saturated rings. The summed E-state index contributed by atoms with van der Waals surface area (Å²) >= 11 is 0. The molecule has 140 valence electrons. The van der Waals surface area contributed by atoms with E-state index >= 15 is 0 Å². The highest BCUT2D eigenvalue weighted by atomic mass is 16.5. The molecule has 1 aliphatic heterocycles. The predicted octanol–water partition coefficient (Wildman–Crippen LogP) is 3.04. The average Bonchev–Trinajstić information content (AvgIpc) is 3.21. The van der Waals surface area contributed by atoms with Crippen molar-refractivity contribution in [1.29, 1.82) is 0 Å². The lowest BCUT2D eigenvalue weighted by molar-refractivity contribution is 0.0995. The van der Waals surface area contributed by atoms with Gasteiger partial charge < -0.3 is 24.3 Å². The summed E-state index contributed by atoms with van der Waals surface area (Å²) in [7, 11) is 0.